The van der Waals surface area contributed by atoms with Crippen molar-refractivity contribution >= 4 is 11.8 Å². The molecule has 2 aliphatic rings. The number of rotatable bonds is 4. The molecule has 1 aromatic carbocycles. The molecule has 146 valence electrons. The summed E-state index contributed by atoms with van der Waals surface area (Å²) in [5.41, 5.74) is 2.89. The predicted molar refractivity (Wildman–Crippen MR) is 104 cm³/mol. The van der Waals surface area contributed by atoms with Gasteiger partial charge in [-0.2, -0.15) is 0 Å². The lowest BCUT2D eigenvalue weighted by Crippen LogP contribution is -2.41. The Kier molecular flexibility index (Phi) is 4.75. The minimum absolute atomic E-state index is 0.0419. The molecule has 7 nitrogen and oxygen atoms in total. The predicted octanol–water partition coefficient (Wildman–Crippen LogP) is 1.96. The molecule has 1 saturated heterocycles. The molecule has 0 unspecified atom stereocenters. The van der Waals surface area contributed by atoms with Gasteiger partial charge in [0.25, 0.3) is 11.5 Å². The highest BCUT2D eigenvalue weighted by atomic mass is 16.2. The average molecular weight is 380 g/mol. The zero-order valence-corrected chi connectivity index (χ0v) is 16.2. The van der Waals surface area contributed by atoms with Crippen LogP contribution in [0.3, 0.4) is 0 Å². The van der Waals surface area contributed by atoms with Gasteiger partial charge >= 0.3 is 0 Å². The van der Waals surface area contributed by atoms with E-state index in [-0.39, 0.29) is 30.0 Å². The number of aromatic amines is 1. The maximum absolute atomic E-state index is 13.0. The highest BCUT2D eigenvalue weighted by molar-refractivity contribution is 6.00. The fraction of sp³-hybridized carbons (Fsp3) is 0.429. The fourth-order valence-electron chi connectivity index (χ4n) is 4.25. The van der Waals surface area contributed by atoms with E-state index < -0.39 is 0 Å². The van der Waals surface area contributed by atoms with E-state index in [2.05, 4.69) is 9.97 Å². The second-order valence-corrected chi connectivity index (χ2v) is 7.43. The maximum atomic E-state index is 13.0. The minimum atomic E-state index is -0.245. The van der Waals surface area contributed by atoms with Crippen LogP contribution in [0, 0.1) is 6.92 Å². The molecule has 2 amide bonds. The van der Waals surface area contributed by atoms with Crippen molar-refractivity contribution in [1.29, 1.82) is 0 Å². The molecule has 0 saturated carbocycles. The van der Waals surface area contributed by atoms with Gasteiger partial charge in [-0.25, -0.2) is 4.98 Å². The standard InChI is InChI=1S/C21H24N4O3/c1-3-15-13(2)22-19(23-20(15)27)17-9-6-10-25(17)18(26)12-24-11-14-7-4-5-8-16(14)21(24)28/h4-5,7-8,17H,3,6,9-12H2,1-2H3,(H,22,23,27)/t17-/m1/s1. The number of aryl methyl sites for hydroxylation is 1. The summed E-state index contributed by atoms with van der Waals surface area (Å²) >= 11 is 0. The van der Waals surface area contributed by atoms with E-state index in [1.807, 2.05) is 32.0 Å². The van der Waals surface area contributed by atoms with Crippen molar-refractivity contribution in [1.82, 2.24) is 19.8 Å². The largest absolute Gasteiger partial charge is 0.331 e. The second kappa shape index (κ2) is 7.22. The Hall–Kier alpha value is -2.96. The zero-order valence-electron chi connectivity index (χ0n) is 16.2. The first kappa shape index (κ1) is 18.4. The Morgan fingerprint density at radius 2 is 2.07 bits per heavy atom. The number of amides is 2. The summed E-state index contributed by atoms with van der Waals surface area (Å²) in [5.74, 6) is 0.333. The maximum Gasteiger partial charge on any atom is 0.254 e. The van der Waals surface area contributed by atoms with E-state index >= 15 is 0 Å². The van der Waals surface area contributed by atoms with Gasteiger partial charge < -0.3 is 14.8 Å². The lowest BCUT2D eigenvalue weighted by atomic mass is 10.1. The molecule has 7 heteroatoms. The molecule has 28 heavy (non-hydrogen) atoms. The van der Waals surface area contributed by atoms with Crippen molar-refractivity contribution in [2.75, 3.05) is 13.1 Å². The van der Waals surface area contributed by atoms with Crippen LogP contribution < -0.4 is 5.56 Å². The highest BCUT2D eigenvalue weighted by Gasteiger charge is 2.35. The van der Waals surface area contributed by atoms with Crippen LogP contribution in [0.2, 0.25) is 0 Å². The number of hydrogen-bond donors (Lipinski definition) is 1. The first-order valence-electron chi connectivity index (χ1n) is 9.76. The molecule has 0 spiro atoms. The van der Waals surface area contributed by atoms with Crippen molar-refractivity contribution in [2.24, 2.45) is 0 Å². The molecular weight excluding hydrogens is 356 g/mol. The number of carbonyl (C=O) groups is 2. The van der Waals surface area contributed by atoms with E-state index in [0.717, 1.165) is 18.4 Å². The fourth-order valence-corrected chi connectivity index (χ4v) is 4.25. The first-order chi connectivity index (χ1) is 13.5. The van der Waals surface area contributed by atoms with Crippen LogP contribution in [0.15, 0.2) is 29.1 Å². The SMILES string of the molecule is CCc1c(C)nc([C@H]2CCCN2C(=O)CN2Cc3ccccc3C2=O)[nH]c1=O. The normalized spacial score (nSPS) is 18.6. The number of nitrogens with zero attached hydrogens (tertiary/aromatic N) is 3. The Morgan fingerprint density at radius 1 is 1.29 bits per heavy atom. The Labute approximate surface area is 163 Å². The molecule has 1 atom stereocenters. The van der Waals surface area contributed by atoms with Crippen LogP contribution in [0.4, 0.5) is 0 Å². The minimum Gasteiger partial charge on any atom is -0.331 e. The molecule has 1 N–H and O–H groups in total. The Bertz CT molecular complexity index is 997. The summed E-state index contributed by atoms with van der Waals surface area (Å²) in [6.07, 6.45) is 2.23. The van der Waals surface area contributed by atoms with E-state index in [1.165, 1.54) is 0 Å². The molecule has 0 bridgehead atoms. The number of H-pyrrole nitrogens is 1. The molecule has 2 aromatic rings. The summed E-state index contributed by atoms with van der Waals surface area (Å²) in [7, 11) is 0. The Balaban J connectivity index is 1.52. The van der Waals surface area contributed by atoms with Gasteiger partial charge in [0.15, 0.2) is 0 Å². The van der Waals surface area contributed by atoms with Crippen LogP contribution in [0.1, 0.15) is 58.8 Å². The van der Waals surface area contributed by atoms with Crippen molar-refractivity contribution < 1.29 is 9.59 Å². The van der Waals surface area contributed by atoms with Crippen LogP contribution in [-0.2, 0) is 17.8 Å². The molecule has 3 heterocycles. The van der Waals surface area contributed by atoms with Gasteiger partial charge in [0.05, 0.1) is 6.04 Å². The first-order valence-corrected chi connectivity index (χ1v) is 9.76. The van der Waals surface area contributed by atoms with Gasteiger partial charge in [-0.3, -0.25) is 14.4 Å². The number of likely N-dealkylation sites (tertiary alicyclic amines) is 1. The summed E-state index contributed by atoms with van der Waals surface area (Å²) < 4.78 is 0. The van der Waals surface area contributed by atoms with Crippen LogP contribution in [0.5, 0.6) is 0 Å². The molecule has 1 fully saturated rings. The van der Waals surface area contributed by atoms with E-state index in [4.69, 9.17) is 0 Å². The summed E-state index contributed by atoms with van der Waals surface area (Å²) in [4.78, 5) is 48.6. The van der Waals surface area contributed by atoms with Crippen LogP contribution in [0.25, 0.3) is 0 Å². The summed E-state index contributed by atoms with van der Waals surface area (Å²) in [6.45, 7) is 4.86. The van der Waals surface area contributed by atoms with E-state index in [0.29, 0.717) is 42.2 Å². The number of fused-ring (bicyclic) bond motifs is 1. The number of hydrogen-bond acceptors (Lipinski definition) is 4. The van der Waals surface area contributed by atoms with Crippen LogP contribution >= 0.6 is 0 Å². The molecular formula is C21H24N4O3. The third-order valence-electron chi connectivity index (χ3n) is 5.71. The number of nitrogens with one attached hydrogen (secondary N) is 1. The molecule has 0 aliphatic carbocycles. The monoisotopic (exact) mass is 380 g/mol. The smallest absolute Gasteiger partial charge is 0.254 e. The zero-order chi connectivity index (χ0) is 19.8. The Morgan fingerprint density at radius 3 is 2.79 bits per heavy atom. The van der Waals surface area contributed by atoms with Gasteiger partial charge in [0.2, 0.25) is 5.91 Å². The van der Waals surface area contributed by atoms with Crippen LogP contribution in [-0.4, -0.2) is 44.7 Å². The number of carbonyl (C=O) groups excluding carboxylic acids is 2. The van der Waals surface area contributed by atoms with Crippen molar-refractivity contribution in [2.45, 2.75) is 45.7 Å². The third-order valence-corrected chi connectivity index (χ3v) is 5.71. The van der Waals surface area contributed by atoms with E-state index in [9.17, 15) is 14.4 Å². The van der Waals surface area contributed by atoms with Gasteiger partial charge in [-0.05, 0) is 37.8 Å². The molecule has 1 aromatic heterocycles. The molecule has 2 aliphatic heterocycles. The molecule has 4 rings (SSSR count). The number of benzene rings is 1. The lowest BCUT2D eigenvalue weighted by Gasteiger charge is -2.26. The van der Waals surface area contributed by atoms with Crippen molar-refractivity contribution in [3.8, 4) is 0 Å². The van der Waals surface area contributed by atoms with Crippen molar-refractivity contribution in [3.63, 3.8) is 0 Å². The highest BCUT2D eigenvalue weighted by Crippen LogP contribution is 2.30. The summed E-state index contributed by atoms with van der Waals surface area (Å²) in [6, 6.07) is 7.21. The lowest BCUT2D eigenvalue weighted by molar-refractivity contribution is -0.133. The van der Waals surface area contributed by atoms with Gasteiger partial charge in [-0.1, -0.05) is 25.1 Å². The quantitative estimate of drug-likeness (QED) is 0.879. The van der Waals surface area contributed by atoms with E-state index in [1.54, 1.807) is 15.9 Å². The second-order valence-electron chi connectivity index (χ2n) is 7.43. The average Bonchev–Trinajstić information content (AvgIpc) is 3.27. The molecule has 0 radical (unpaired) electrons. The van der Waals surface area contributed by atoms with Gasteiger partial charge in [0, 0.05) is 29.9 Å². The van der Waals surface area contributed by atoms with Gasteiger partial charge in [-0.15, -0.1) is 0 Å². The summed E-state index contributed by atoms with van der Waals surface area (Å²) in [5, 5.41) is 0. The number of aromatic nitrogens is 2. The topological polar surface area (TPSA) is 86.4 Å². The third kappa shape index (κ3) is 3.10. The van der Waals surface area contributed by atoms with Gasteiger partial charge in [0.1, 0.15) is 12.4 Å². The van der Waals surface area contributed by atoms with Crippen molar-refractivity contribution in [3.05, 3.63) is 62.8 Å².